The van der Waals surface area contributed by atoms with Crippen LogP contribution in [-0.2, 0) is 9.53 Å². The molecule has 1 aromatic rings. The minimum absolute atomic E-state index is 0.194. The molecule has 0 heterocycles. The Morgan fingerprint density at radius 3 is 2.53 bits per heavy atom. The van der Waals surface area contributed by atoms with Gasteiger partial charge in [0, 0.05) is 0 Å². The smallest absolute Gasteiger partial charge is 0.346 e. The molecule has 0 fully saturated rings. The summed E-state index contributed by atoms with van der Waals surface area (Å²) in [6.07, 6.45) is -0.967. The Bertz CT molecular complexity index is 443. The van der Waals surface area contributed by atoms with Crippen molar-refractivity contribution in [3.63, 3.8) is 0 Å². The number of aromatic carboxylic acids is 1. The van der Waals surface area contributed by atoms with Crippen LogP contribution in [0, 0.1) is 5.82 Å². The van der Waals surface area contributed by atoms with Gasteiger partial charge in [-0.3, -0.25) is 0 Å². The van der Waals surface area contributed by atoms with Gasteiger partial charge in [0.1, 0.15) is 0 Å². The average Bonchev–Trinajstić information content (AvgIpc) is 2.30. The molecule has 0 spiro atoms. The van der Waals surface area contributed by atoms with Crippen molar-refractivity contribution < 1.29 is 28.6 Å². The molecular weight excluding hydrogens is 231 g/mol. The van der Waals surface area contributed by atoms with Gasteiger partial charge >= 0.3 is 11.9 Å². The molecule has 1 unspecified atom stereocenters. The zero-order valence-corrected chi connectivity index (χ0v) is 9.27. The molecule has 5 nitrogen and oxygen atoms in total. The lowest BCUT2D eigenvalue weighted by molar-refractivity contribution is -0.148. The number of carboxylic acids is 1. The van der Waals surface area contributed by atoms with Crippen LogP contribution < -0.4 is 4.74 Å². The fourth-order valence-electron chi connectivity index (χ4n) is 1.13. The van der Waals surface area contributed by atoms with Crippen molar-refractivity contribution in [3.05, 3.63) is 29.6 Å². The Labute approximate surface area is 96.8 Å². The van der Waals surface area contributed by atoms with Crippen molar-refractivity contribution in [2.75, 3.05) is 7.11 Å². The van der Waals surface area contributed by atoms with E-state index in [0.29, 0.717) is 0 Å². The summed E-state index contributed by atoms with van der Waals surface area (Å²) in [7, 11) is 1.19. The van der Waals surface area contributed by atoms with Gasteiger partial charge in [-0.15, -0.1) is 0 Å². The fraction of sp³-hybridized carbons (Fsp3) is 0.273. The summed E-state index contributed by atoms with van der Waals surface area (Å²) in [6.45, 7) is 1.40. The highest BCUT2D eigenvalue weighted by molar-refractivity contribution is 5.87. The van der Waals surface area contributed by atoms with E-state index in [9.17, 15) is 14.0 Å². The predicted octanol–water partition coefficient (Wildman–Crippen LogP) is 1.46. The maximum absolute atomic E-state index is 13.4. The van der Waals surface area contributed by atoms with Crippen LogP contribution in [0.25, 0.3) is 0 Å². The van der Waals surface area contributed by atoms with Crippen molar-refractivity contribution in [3.8, 4) is 5.75 Å². The Morgan fingerprint density at radius 1 is 1.41 bits per heavy atom. The maximum Gasteiger partial charge on any atom is 0.346 e. The molecule has 6 heteroatoms. The van der Waals surface area contributed by atoms with Crippen LogP contribution in [0.2, 0.25) is 0 Å². The van der Waals surface area contributed by atoms with Crippen LogP contribution in [0.5, 0.6) is 5.75 Å². The van der Waals surface area contributed by atoms with Crippen LogP contribution in [0.3, 0.4) is 0 Å². The van der Waals surface area contributed by atoms with Gasteiger partial charge in [-0.2, -0.15) is 0 Å². The zero-order valence-electron chi connectivity index (χ0n) is 9.27. The van der Waals surface area contributed by atoms with Gasteiger partial charge in [-0.1, -0.05) is 0 Å². The Morgan fingerprint density at radius 2 is 2.06 bits per heavy atom. The van der Waals surface area contributed by atoms with E-state index in [4.69, 9.17) is 9.84 Å². The van der Waals surface area contributed by atoms with Crippen molar-refractivity contribution in [2.45, 2.75) is 13.0 Å². The number of ether oxygens (including phenoxy) is 2. The van der Waals surface area contributed by atoms with Crippen LogP contribution >= 0.6 is 0 Å². The van der Waals surface area contributed by atoms with E-state index < -0.39 is 23.9 Å². The number of halogens is 1. The van der Waals surface area contributed by atoms with E-state index in [0.717, 1.165) is 12.1 Å². The molecule has 0 aromatic heterocycles. The molecule has 0 aliphatic carbocycles. The van der Waals surface area contributed by atoms with Gasteiger partial charge in [0.2, 0.25) is 0 Å². The molecule has 17 heavy (non-hydrogen) atoms. The molecule has 0 radical (unpaired) electrons. The largest absolute Gasteiger partial charge is 0.478 e. The summed E-state index contributed by atoms with van der Waals surface area (Å²) >= 11 is 0. The highest BCUT2D eigenvalue weighted by Gasteiger charge is 2.17. The lowest BCUT2D eigenvalue weighted by atomic mass is 10.2. The molecule has 0 aliphatic rings. The highest BCUT2D eigenvalue weighted by atomic mass is 19.1. The SMILES string of the molecule is COC(=O)C(C)Oc1ccc(C(=O)O)cc1F. The van der Waals surface area contributed by atoms with Gasteiger partial charge in [0.25, 0.3) is 0 Å². The summed E-state index contributed by atoms with van der Waals surface area (Å²) in [5, 5.41) is 8.63. The lowest BCUT2D eigenvalue weighted by Gasteiger charge is -2.12. The Balaban J connectivity index is 2.86. The first-order valence-electron chi connectivity index (χ1n) is 4.73. The monoisotopic (exact) mass is 242 g/mol. The predicted molar refractivity (Wildman–Crippen MR) is 55.5 cm³/mol. The van der Waals surface area contributed by atoms with E-state index >= 15 is 0 Å². The number of carbonyl (C=O) groups is 2. The van der Waals surface area contributed by atoms with Crippen LogP contribution in [0.15, 0.2) is 18.2 Å². The van der Waals surface area contributed by atoms with Gasteiger partial charge in [-0.05, 0) is 25.1 Å². The fourth-order valence-corrected chi connectivity index (χ4v) is 1.13. The van der Waals surface area contributed by atoms with Gasteiger partial charge < -0.3 is 14.6 Å². The molecule has 0 amide bonds. The number of hydrogen-bond donors (Lipinski definition) is 1. The molecule has 0 saturated carbocycles. The molecule has 0 aliphatic heterocycles. The van der Waals surface area contributed by atoms with Gasteiger partial charge in [0.05, 0.1) is 12.7 Å². The average molecular weight is 242 g/mol. The number of benzene rings is 1. The number of methoxy groups -OCH3 is 1. The summed E-state index contributed by atoms with van der Waals surface area (Å²) in [5.41, 5.74) is -0.194. The first-order chi connectivity index (χ1) is 7.95. The Hall–Kier alpha value is -2.11. The third kappa shape index (κ3) is 3.17. The Kier molecular flexibility index (Phi) is 4.03. The normalized spacial score (nSPS) is 11.7. The third-order valence-corrected chi connectivity index (χ3v) is 2.02. The molecule has 1 rings (SSSR count). The molecular formula is C11H11FO5. The lowest BCUT2D eigenvalue weighted by Crippen LogP contribution is -2.25. The molecule has 1 aromatic carbocycles. The highest BCUT2D eigenvalue weighted by Crippen LogP contribution is 2.19. The molecule has 0 saturated heterocycles. The number of carboxylic acid groups (broad SMARTS) is 1. The van der Waals surface area contributed by atoms with E-state index in [1.54, 1.807) is 0 Å². The molecule has 0 bridgehead atoms. The van der Waals surface area contributed by atoms with Crippen LogP contribution in [0.1, 0.15) is 17.3 Å². The van der Waals surface area contributed by atoms with E-state index in [-0.39, 0.29) is 11.3 Å². The molecule has 1 N–H and O–H groups in total. The van der Waals surface area contributed by atoms with E-state index in [1.807, 2.05) is 0 Å². The van der Waals surface area contributed by atoms with Gasteiger partial charge in [0.15, 0.2) is 17.7 Å². The van der Waals surface area contributed by atoms with Crippen molar-refractivity contribution in [1.29, 1.82) is 0 Å². The van der Waals surface area contributed by atoms with Crippen LogP contribution in [-0.4, -0.2) is 30.3 Å². The quantitative estimate of drug-likeness (QED) is 0.809. The zero-order chi connectivity index (χ0) is 13.0. The topological polar surface area (TPSA) is 72.8 Å². The van der Waals surface area contributed by atoms with E-state index in [2.05, 4.69) is 4.74 Å². The first-order valence-corrected chi connectivity index (χ1v) is 4.73. The van der Waals surface area contributed by atoms with Crippen molar-refractivity contribution in [1.82, 2.24) is 0 Å². The first kappa shape index (κ1) is 13.0. The summed E-state index contributed by atoms with van der Waals surface area (Å²) < 4.78 is 22.8. The van der Waals surface area contributed by atoms with Gasteiger partial charge in [-0.25, -0.2) is 14.0 Å². The summed E-state index contributed by atoms with van der Waals surface area (Å²) in [4.78, 5) is 21.6. The number of rotatable bonds is 4. The minimum Gasteiger partial charge on any atom is -0.478 e. The second kappa shape index (κ2) is 5.29. The van der Waals surface area contributed by atoms with Crippen molar-refractivity contribution in [2.24, 2.45) is 0 Å². The maximum atomic E-state index is 13.4. The number of carbonyl (C=O) groups excluding carboxylic acids is 1. The number of hydrogen-bond acceptors (Lipinski definition) is 4. The second-order valence-corrected chi connectivity index (χ2v) is 3.23. The minimum atomic E-state index is -1.24. The van der Waals surface area contributed by atoms with Crippen molar-refractivity contribution >= 4 is 11.9 Å². The van der Waals surface area contributed by atoms with Crippen LogP contribution in [0.4, 0.5) is 4.39 Å². The molecule has 92 valence electrons. The third-order valence-electron chi connectivity index (χ3n) is 2.02. The standard InChI is InChI=1S/C11H11FO5/c1-6(11(15)16-2)17-9-4-3-7(10(13)14)5-8(9)12/h3-6H,1-2H3,(H,13,14). The summed E-state index contributed by atoms with van der Waals surface area (Å²) in [6, 6.07) is 3.16. The number of esters is 1. The second-order valence-electron chi connectivity index (χ2n) is 3.23. The molecule has 1 atom stereocenters. The summed E-state index contributed by atoms with van der Waals surface area (Å²) in [5.74, 6) is -2.93. The van der Waals surface area contributed by atoms with E-state index in [1.165, 1.54) is 20.1 Å².